The van der Waals surface area contributed by atoms with Gasteiger partial charge in [0.25, 0.3) is 0 Å². The molecule has 0 aromatic heterocycles. The van der Waals surface area contributed by atoms with E-state index in [-0.39, 0.29) is 0 Å². The minimum Gasteiger partial charge on any atom is -0.388 e. The lowest BCUT2D eigenvalue weighted by molar-refractivity contribution is 0.653. The van der Waals surface area contributed by atoms with Crippen molar-refractivity contribution in [3.63, 3.8) is 0 Å². The first-order valence-electron chi connectivity index (χ1n) is 6.24. The molecule has 0 heterocycles. The smallest absolute Gasteiger partial charge is 0.0905 e. The molecule has 0 fully saturated rings. The van der Waals surface area contributed by atoms with Crippen molar-refractivity contribution in [1.82, 2.24) is 0 Å². The zero-order chi connectivity index (χ0) is 12.5. The number of hydrogen-bond donors (Lipinski definition) is 2. The number of unbranched alkanes of at least 4 members (excludes halogenated alkanes) is 3. The van der Waals surface area contributed by atoms with Crippen LogP contribution in [0.4, 0.5) is 0 Å². The fraction of sp³-hybridized carbons (Fsp3) is 0.917. The monoisotopic (exact) mass is 217 g/mol. The second-order valence-corrected chi connectivity index (χ2v) is 2.73. The topological polar surface area (TPSA) is 64.4 Å². The van der Waals surface area contributed by atoms with Crippen LogP contribution >= 0.6 is 0 Å². The van der Waals surface area contributed by atoms with E-state index in [1.54, 1.807) is 0 Å². The van der Waals surface area contributed by atoms with Crippen LogP contribution in [0.15, 0.2) is 4.99 Å². The van der Waals surface area contributed by atoms with E-state index in [1.807, 2.05) is 34.6 Å². The molecule has 3 nitrogen and oxygen atoms in total. The average Bonchev–Trinajstić information content (AvgIpc) is 2.28. The van der Waals surface area contributed by atoms with Gasteiger partial charge in [-0.1, -0.05) is 40.5 Å². The van der Waals surface area contributed by atoms with Crippen LogP contribution in [0.2, 0.25) is 0 Å². The molecule has 0 unspecified atom stereocenters. The predicted octanol–water partition coefficient (Wildman–Crippen LogP) is 2.94. The Morgan fingerprint density at radius 2 is 1.40 bits per heavy atom. The van der Waals surface area contributed by atoms with Crippen LogP contribution in [0.25, 0.3) is 0 Å². The number of aliphatic imine (C=N–C) groups is 1. The number of amidine groups is 1. The van der Waals surface area contributed by atoms with Gasteiger partial charge in [0.2, 0.25) is 0 Å². The van der Waals surface area contributed by atoms with Gasteiger partial charge in [0.1, 0.15) is 0 Å². The van der Waals surface area contributed by atoms with Gasteiger partial charge in [-0.15, -0.1) is 0 Å². The molecule has 0 aliphatic rings. The third-order valence-corrected chi connectivity index (χ3v) is 1.47. The molecular weight excluding hydrogens is 186 g/mol. The molecule has 0 aliphatic carbocycles. The Morgan fingerprint density at radius 3 is 1.80 bits per heavy atom. The number of nitrogens with zero attached hydrogens (tertiary/aromatic N) is 1. The van der Waals surface area contributed by atoms with E-state index in [1.165, 1.54) is 12.8 Å². The van der Waals surface area contributed by atoms with Gasteiger partial charge in [-0.05, 0) is 26.3 Å². The highest BCUT2D eigenvalue weighted by Gasteiger charge is 1.87. The van der Waals surface area contributed by atoms with E-state index in [4.69, 9.17) is 11.5 Å². The van der Waals surface area contributed by atoms with Crippen molar-refractivity contribution in [2.45, 2.75) is 60.3 Å². The van der Waals surface area contributed by atoms with Gasteiger partial charge >= 0.3 is 0 Å². The molecule has 15 heavy (non-hydrogen) atoms. The number of nitrogens with two attached hydrogens (primary N) is 2. The predicted molar refractivity (Wildman–Crippen MR) is 72.4 cm³/mol. The molecule has 0 amide bonds. The minimum absolute atomic E-state index is 0.684. The molecular formula is C12H31N3. The Balaban J connectivity index is -0.000000318. The molecule has 94 valence electrons. The molecule has 4 N–H and O–H groups in total. The summed E-state index contributed by atoms with van der Waals surface area (Å²) >= 11 is 0. The van der Waals surface area contributed by atoms with Gasteiger partial charge in [-0.25, -0.2) is 0 Å². The second-order valence-electron chi connectivity index (χ2n) is 2.73. The summed E-state index contributed by atoms with van der Waals surface area (Å²) in [5.74, 6) is 0.684. The highest BCUT2D eigenvalue weighted by atomic mass is 14.8. The van der Waals surface area contributed by atoms with E-state index in [0.717, 1.165) is 25.9 Å². The summed E-state index contributed by atoms with van der Waals surface area (Å²) in [6.07, 6.45) is 4.70. The second kappa shape index (κ2) is 23.3. The molecule has 0 aromatic carbocycles. The number of hydrogen-bond acceptors (Lipinski definition) is 2. The summed E-state index contributed by atoms with van der Waals surface area (Å²) in [5.41, 5.74) is 10.7. The van der Waals surface area contributed by atoms with Crippen molar-refractivity contribution < 1.29 is 0 Å². The lowest BCUT2D eigenvalue weighted by Crippen LogP contribution is -2.06. The Morgan fingerprint density at radius 1 is 0.933 bits per heavy atom. The summed E-state index contributed by atoms with van der Waals surface area (Å²) in [6, 6.07) is 0. The molecule has 3 heteroatoms. The molecule has 0 aromatic rings. The zero-order valence-corrected chi connectivity index (χ0v) is 11.3. The summed E-state index contributed by atoms with van der Waals surface area (Å²) < 4.78 is 0. The van der Waals surface area contributed by atoms with Crippen molar-refractivity contribution in [1.29, 1.82) is 0 Å². The molecule has 0 aliphatic heterocycles. The van der Waals surface area contributed by atoms with Gasteiger partial charge in [-0.3, -0.25) is 4.99 Å². The van der Waals surface area contributed by atoms with Crippen LogP contribution in [0.1, 0.15) is 60.3 Å². The van der Waals surface area contributed by atoms with Crippen LogP contribution in [0.3, 0.4) is 0 Å². The van der Waals surface area contributed by atoms with Crippen molar-refractivity contribution in [3.05, 3.63) is 0 Å². The lowest BCUT2D eigenvalue weighted by atomic mass is 10.2. The van der Waals surface area contributed by atoms with Crippen molar-refractivity contribution in [2.75, 3.05) is 13.1 Å². The average molecular weight is 217 g/mol. The Bertz CT molecular complexity index is 107. The third kappa shape index (κ3) is 31.8. The van der Waals surface area contributed by atoms with Crippen LogP contribution in [-0.2, 0) is 0 Å². The Hall–Kier alpha value is -0.570. The van der Waals surface area contributed by atoms with E-state index in [9.17, 15) is 0 Å². The first-order valence-corrected chi connectivity index (χ1v) is 6.24. The van der Waals surface area contributed by atoms with Crippen LogP contribution in [0, 0.1) is 0 Å². The normalized spacial score (nSPS) is 9.60. The van der Waals surface area contributed by atoms with Gasteiger partial charge in [-0.2, -0.15) is 0 Å². The van der Waals surface area contributed by atoms with Crippen molar-refractivity contribution in [2.24, 2.45) is 16.5 Å². The minimum atomic E-state index is 0.684. The van der Waals surface area contributed by atoms with Crippen LogP contribution in [-0.4, -0.2) is 18.9 Å². The summed E-state index contributed by atoms with van der Waals surface area (Å²) in [7, 11) is 0. The van der Waals surface area contributed by atoms with Gasteiger partial charge < -0.3 is 11.5 Å². The maximum atomic E-state index is 5.36. The van der Waals surface area contributed by atoms with Crippen LogP contribution in [0.5, 0.6) is 0 Å². The van der Waals surface area contributed by atoms with Gasteiger partial charge in [0, 0.05) is 6.54 Å². The first-order chi connectivity index (χ1) is 7.27. The fourth-order valence-corrected chi connectivity index (χ4v) is 0.865. The molecule has 0 spiro atoms. The largest absolute Gasteiger partial charge is 0.388 e. The van der Waals surface area contributed by atoms with Crippen molar-refractivity contribution in [3.8, 4) is 0 Å². The zero-order valence-electron chi connectivity index (χ0n) is 11.3. The fourth-order valence-electron chi connectivity index (χ4n) is 0.865. The summed E-state index contributed by atoms with van der Waals surface area (Å²) in [5, 5.41) is 0. The van der Waals surface area contributed by atoms with E-state index >= 15 is 0 Å². The van der Waals surface area contributed by atoms with E-state index < -0.39 is 0 Å². The molecule has 0 saturated heterocycles. The Kier molecular flexibility index (Phi) is 31.0. The number of rotatable bonds is 6. The quantitative estimate of drug-likeness (QED) is 0.408. The summed E-state index contributed by atoms with van der Waals surface area (Å²) in [4.78, 5) is 4.09. The lowest BCUT2D eigenvalue weighted by Gasteiger charge is -1.96. The SMILES string of the molecule is CC.CC.CC(N)=NCCCCCCN. The summed E-state index contributed by atoms with van der Waals surface area (Å²) in [6.45, 7) is 11.5. The highest BCUT2D eigenvalue weighted by molar-refractivity contribution is 5.77. The molecule has 0 bridgehead atoms. The van der Waals surface area contributed by atoms with E-state index in [2.05, 4.69) is 4.99 Å². The molecule has 0 atom stereocenters. The Labute approximate surface area is 96.3 Å². The molecule has 0 saturated carbocycles. The van der Waals surface area contributed by atoms with Gasteiger partial charge in [0.05, 0.1) is 5.84 Å². The highest BCUT2D eigenvalue weighted by Crippen LogP contribution is 1.98. The molecule has 0 rings (SSSR count). The standard InChI is InChI=1S/C8H19N3.2C2H6/c1-8(10)11-7-5-3-2-4-6-9;2*1-2/h2-7,9H2,1H3,(H2,10,11);2*1-2H3. The van der Waals surface area contributed by atoms with Gasteiger partial charge in [0.15, 0.2) is 0 Å². The van der Waals surface area contributed by atoms with E-state index in [0.29, 0.717) is 5.84 Å². The first kappa shape index (κ1) is 19.9. The maximum absolute atomic E-state index is 5.36. The molecule has 0 radical (unpaired) electrons. The van der Waals surface area contributed by atoms with Crippen molar-refractivity contribution >= 4 is 5.84 Å². The third-order valence-electron chi connectivity index (χ3n) is 1.47. The van der Waals surface area contributed by atoms with Crippen LogP contribution < -0.4 is 11.5 Å². The maximum Gasteiger partial charge on any atom is 0.0905 e.